The minimum atomic E-state index is -0.0886. The fourth-order valence-corrected chi connectivity index (χ4v) is 1.84. The quantitative estimate of drug-likeness (QED) is 0.862. The summed E-state index contributed by atoms with van der Waals surface area (Å²) in [4.78, 5) is 11.4. The maximum atomic E-state index is 11.4. The lowest BCUT2D eigenvalue weighted by Crippen LogP contribution is -2.41. The Balaban J connectivity index is 2.26. The number of hydrogen-bond acceptors (Lipinski definition) is 1. The molecule has 0 aliphatic rings. The molecule has 0 aliphatic carbocycles. The average Bonchev–Trinajstić information content (AvgIpc) is 2.29. The molecule has 1 aromatic carbocycles. The summed E-state index contributed by atoms with van der Waals surface area (Å²) < 4.78 is 1.07. The van der Waals surface area contributed by atoms with Crippen molar-refractivity contribution in [2.45, 2.75) is 32.7 Å². The van der Waals surface area contributed by atoms with Gasteiger partial charge in [-0.1, -0.05) is 35.0 Å². The van der Waals surface area contributed by atoms with Crippen LogP contribution in [0.2, 0.25) is 0 Å². The number of amides is 2. The van der Waals surface area contributed by atoms with Crippen LogP contribution in [0.5, 0.6) is 0 Å². The van der Waals surface area contributed by atoms with Gasteiger partial charge in [0, 0.05) is 17.1 Å². The van der Waals surface area contributed by atoms with Crippen molar-refractivity contribution in [1.82, 2.24) is 10.6 Å². The molecule has 0 aromatic heterocycles. The van der Waals surface area contributed by atoms with Crippen molar-refractivity contribution in [3.8, 4) is 0 Å². The van der Waals surface area contributed by atoms with E-state index in [2.05, 4.69) is 38.7 Å². The van der Waals surface area contributed by atoms with Gasteiger partial charge in [-0.2, -0.15) is 0 Å². The Morgan fingerprint density at radius 3 is 2.88 bits per heavy atom. The molecule has 3 nitrogen and oxygen atoms in total. The highest BCUT2D eigenvalue weighted by atomic mass is 79.9. The first-order chi connectivity index (χ1) is 8.11. The van der Waals surface area contributed by atoms with Crippen LogP contribution >= 0.6 is 15.9 Å². The minimum absolute atomic E-state index is 0.0886. The zero-order valence-electron chi connectivity index (χ0n) is 10.3. The molecule has 0 spiro atoms. The van der Waals surface area contributed by atoms with Gasteiger partial charge < -0.3 is 10.6 Å². The van der Waals surface area contributed by atoms with E-state index in [0.717, 1.165) is 17.3 Å². The first kappa shape index (κ1) is 14.0. The summed E-state index contributed by atoms with van der Waals surface area (Å²) in [6, 6.07) is 8.24. The summed E-state index contributed by atoms with van der Waals surface area (Å²) in [5, 5.41) is 5.72. The van der Waals surface area contributed by atoms with Gasteiger partial charge in [0.2, 0.25) is 0 Å². The molecular weight excluding hydrogens is 280 g/mol. The molecule has 0 saturated heterocycles. The highest BCUT2D eigenvalue weighted by molar-refractivity contribution is 9.10. The summed E-state index contributed by atoms with van der Waals surface area (Å²) in [5.41, 5.74) is 1.21. The zero-order chi connectivity index (χ0) is 12.7. The SMILES string of the molecule is CCC(C)NC(=O)NCCc1cccc(Br)c1. The Labute approximate surface area is 111 Å². The number of hydrogen-bond donors (Lipinski definition) is 2. The number of nitrogens with one attached hydrogen (secondary N) is 2. The molecule has 4 heteroatoms. The van der Waals surface area contributed by atoms with Crippen molar-refractivity contribution in [2.24, 2.45) is 0 Å². The molecule has 0 radical (unpaired) electrons. The van der Waals surface area contributed by atoms with Crippen molar-refractivity contribution in [3.63, 3.8) is 0 Å². The second-order valence-corrected chi connectivity index (χ2v) is 5.01. The first-order valence-corrected chi connectivity index (χ1v) is 6.70. The number of carbonyl (C=O) groups is 1. The monoisotopic (exact) mass is 298 g/mol. The normalized spacial score (nSPS) is 11.9. The van der Waals surface area contributed by atoms with E-state index in [1.54, 1.807) is 0 Å². The molecule has 1 rings (SSSR count). The molecule has 0 heterocycles. The molecule has 0 aliphatic heterocycles. The zero-order valence-corrected chi connectivity index (χ0v) is 11.9. The first-order valence-electron chi connectivity index (χ1n) is 5.90. The highest BCUT2D eigenvalue weighted by Crippen LogP contribution is 2.11. The number of halogens is 1. The van der Waals surface area contributed by atoms with Crippen molar-refractivity contribution >= 4 is 22.0 Å². The van der Waals surface area contributed by atoms with E-state index in [-0.39, 0.29) is 12.1 Å². The van der Waals surface area contributed by atoms with Crippen LogP contribution in [0.3, 0.4) is 0 Å². The van der Waals surface area contributed by atoms with Crippen molar-refractivity contribution in [3.05, 3.63) is 34.3 Å². The van der Waals surface area contributed by atoms with Gasteiger partial charge in [0.1, 0.15) is 0 Å². The van der Waals surface area contributed by atoms with Crippen LogP contribution in [0.1, 0.15) is 25.8 Å². The fraction of sp³-hybridized carbons (Fsp3) is 0.462. The standard InChI is InChI=1S/C13H19BrN2O/c1-3-10(2)16-13(17)15-8-7-11-5-4-6-12(14)9-11/h4-6,9-10H,3,7-8H2,1-2H3,(H2,15,16,17). The third kappa shape index (κ3) is 5.73. The maximum absolute atomic E-state index is 11.4. The molecule has 2 amide bonds. The van der Waals surface area contributed by atoms with Crippen LogP contribution in [0.25, 0.3) is 0 Å². The highest BCUT2D eigenvalue weighted by Gasteiger charge is 2.03. The van der Waals surface area contributed by atoms with Gasteiger partial charge >= 0.3 is 6.03 Å². The predicted molar refractivity (Wildman–Crippen MR) is 74.1 cm³/mol. The molecule has 0 saturated carbocycles. The van der Waals surface area contributed by atoms with Gasteiger partial charge in [-0.05, 0) is 37.5 Å². The Bertz CT molecular complexity index is 368. The van der Waals surface area contributed by atoms with E-state index in [9.17, 15) is 4.79 Å². The van der Waals surface area contributed by atoms with Gasteiger partial charge in [0.25, 0.3) is 0 Å². The smallest absolute Gasteiger partial charge is 0.315 e. The molecule has 1 atom stereocenters. The van der Waals surface area contributed by atoms with Crippen LogP contribution < -0.4 is 10.6 Å². The van der Waals surface area contributed by atoms with Crippen LogP contribution in [0.4, 0.5) is 4.79 Å². The van der Waals surface area contributed by atoms with Crippen LogP contribution in [0.15, 0.2) is 28.7 Å². The molecule has 1 aromatic rings. The number of urea groups is 1. The van der Waals surface area contributed by atoms with E-state index in [1.807, 2.05) is 26.0 Å². The van der Waals surface area contributed by atoms with Gasteiger partial charge in [-0.15, -0.1) is 0 Å². The van der Waals surface area contributed by atoms with Crippen LogP contribution in [-0.4, -0.2) is 18.6 Å². The summed E-state index contributed by atoms with van der Waals surface area (Å²) in [6.45, 7) is 4.69. The van der Waals surface area contributed by atoms with Crippen LogP contribution in [-0.2, 0) is 6.42 Å². The Morgan fingerprint density at radius 1 is 1.47 bits per heavy atom. The third-order valence-corrected chi connectivity index (χ3v) is 3.07. The summed E-state index contributed by atoms with van der Waals surface area (Å²) in [5.74, 6) is 0. The molecule has 0 fully saturated rings. The topological polar surface area (TPSA) is 41.1 Å². The lowest BCUT2D eigenvalue weighted by atomic mass is 10.1. The Kier molecular flexibility index (Phi) is 6.05. The molecular formula is C13H19BrN2O. The van der Waals surface area contributed by atoms with Gasteiger partial charge in [0.15, 0.2) is 0 Å². The minimum Gasteiger partial charge on any atom is -0.338 e. The van der Waals surface area contributed by atoms with Gasteiger partial charge in [-0.25, -0.2) is 4.79 Å². The molecule has 2 N–H and O–H groups in total. The molecule has 17 heavy (non-hydrogen) atoms. The summed E-state index contributed by atoms with van der Waals surface area (Å²) >= 11 is 3.43. The van der Waals surface area contributed by atoms with Crippen molar-refractivity contribution in [1.29, 1.82) is 0 Å². The van der Waals surface area contributed by atoms with Gasteiger partial charge in [0.05, 0.1) is 0 Å². The van der Waals surface area contributed by atoms with Crippen LogP contribution in [0, 0.1) is 0 Å². The van der Waals surface area contributed by atoms with Crippen molar-refractivity contribution in [2.75, 3.05) is 6.54 Å². The van der Waals surface area contributed by atoms with E-state index in [0.29, 0.717) is 6.54 Å². The number of rotatable bonds is 5. The van der Waals surface area contributed by atoms with E-state index in [1.165, 1.54) is 5.56 Å². The summed E-state index contributed by atoms with van der Waals surface area (Å²) in [7, 11) is 0. The van der Waals surface area contributed by atoms with Crippen molar-refractivity contribution < 1.29 is 4.79 Å². The fourth-order valence-electron chi connectivity index (χ4n) is 1.39. The van der Waals surface area contributed by atoms with E-state index in [4.69, 9.17) is 0 Å². The van der Waals surface area contributed by atoms with E-state index >= 15 is 0 Å². The second kappa shape index (κ2) is 7.33. The Morgan fingerprint density at radius 2 is 2.24 bits per heavy atom. The third-order valence-electron chi connectivity index (χ3n) is 2.58. The number of carbonyl (C=O) groups excluding carboxylic acids is 1. The lowest BCUT2D eigenvalue weighted by Gasteiger charge is -2.12. The molecule has 94 valence electrons. The second-order valence-electron chi connectivity index (χ2n) is 4.09. The molecule has 0 bridgehead atoms. The lowest BCUT2D eigenvalue weighted by molar-refractivity contribution is 0.237. The predicted octanol–water partition coefficient (Wildman–Crippen LogP) is 3.09. The summed E-state index contributed by atoms with van der Waals surface area (Å²) in [6.07, 6.45) is 1.78. The molecule has 1 unspecified atom stereocenters. The largest absolute Gasteiger partial charge is 0.338 e. The van der Waals surface area contributed by atoms with E-state index < -0.39 is 0 Å². The Hall–Kier alpha value is -1.03. The number of benzene rings is 1. The van der Waals surface area contributed by atoms with Gasteiger partial charge in [-0.3, -0.25) is 0 Å². The maximum Gasteiger partial charge on any atom is 0.315 e. The average molecular weight is 299 g/mol.